The highest BCUT2D eigenvalue weighted by Crippen LogP contribution is 2.65. The summed E-state index contributed by atoms with van der Waals surface area (Å²) in [5.41, 5.74) is 2.59. The lowest BCUT2D eigenvalue weighted by Crippen LogP contribution is -2.57. The van der Waals surface area contributed by atoms with E-state index >= 15 is 0 Å². The molecule has 1 N–H and O–H groups in total. The molecule has 2 amide bonds. The van der Waals surface area contributed by atoms with Crippen LogP contribution in [0.2, 0.25) is 0 Å². The molecule has 1 saturated heterocycles. The lowest BCUT2D eigenvalue weighted by molar-refractivity contribution is -0.135. The minimum absolute atomic E-state index is 0.00183. The molecule has 7 rings (SSSR count). The van der Waals surface area contributed by atoms with Crippen molar-refractivity contribution in [2.75, 3.05) is 4.90 Å². The number of carbonyl (C=O) groups is 3. The number of nitrogens with one attached hydrogen (secondary N) is 1. The quantitative estimate of drug-likeness (QED) is 0.540. The van der Waals surface area contributed by atoms with Gasteiger partial charge in [0.15, 0.2) is 5.78 Å². The maximum absolute atomic E-state index is 13.8. The van der Waals surface area contributed by atoms with Gasteiger partial charge in [0.1, 0.15) is 23.5 Å². The monoisotopic (exact) mass is 473 g/mol. The zero-order chi connectivity index (χ0) is 20.8. The fourth-order valence-electron chi connectivity index (χ4n) is 7.03. The summed E-state index contributed by atoms with van der Waals surface area (Å²) in [6, 6.07) is 4.49. The van der Waals surface area contributed by atoms with E-state index in [1.807, 2.05) is 0 Å². The first-order chi connectivity index (χ1) is 14.3. The summed E-state index contributed by atoms with van der Waals surface area (Å²) in [5.74, 6) is -1.51. The van der Waals surface area contributed by atoms with Crippen LogP contribution in [0, 0.1) is 29.0 Å². The Morgan fingerprint density at radius 1 is 1.17 bits per heavy atom. The molecular formula is C22H21BrFN3O3. The molecule has 0 radical (unpaired) electrons. The number of hydrogen-bond donors (Lipinski definition) is 1. The fraction of sp³-hybridized carbons (Fsp3) is 0.545. The van der Waals surface area contributed by atoms with Crippen LogP contribution in [0.5, 0.6) is 0 Å². The molecule has 6 nitrogen and oxygen atoms in total. The molecule has 5 fully saturated rings. The van der Waals surface area contributed by atoms with Gasteiger partial charge in [0.05, 0.1) is 5.69 Å². The summed E-state index contributed by atoms with van der Waals surface area (Å²) in [4.78, 5) is 40.9. The number of anilines is 1. The topological polar surface area (TPSA) is 78.8 Å². The summed E-state index contributed by atoms with van der Waals surface area (Å²) in [7, 11) is 0. The van der Waals surface area contributed by atoms with Gasteiger partial charge in [0.2, 0.25) is 5.91 Å². The third-order valence-corrected chi connectivity index (χ3v) is 8.62. The van der Waals surface area contributed by atoms with Crippen molar-refractivity contribution < 1.29 is 18.8 Å². The van der Waals surface area contributed by atoms with E-state index in [9.17, 15) is 18.8 Å². The number of alkyl halides is 1. The predicted octanol–water partition coefficient (Wildman–Crippen LogP) is 2.95. The van der Waals surface area contributed by atoms with Gasteiger partial charge in [0, 0.05) is 9.74 Å². The highest BCUT2D eigenvalue weighted by Gasteiger charge is 2.63. The minimum atomic E-state index is -0.937. The van der Waals surface area contributed by atoms with Crippen LogP contribution in [0.1, 0.15) is 38.5 Å². The average molecular weight is 474 g/mol. The van der Waals surface area contributed by atoms with Crippen molar-refractivity contribution in [3.63, 3.8) is 0 Å². The summed E-state index contributed by atoms with van der Waals surface area (Å²) in [6.45, 7) is 0. The molecule has 2 aliphatic heterocycles. The molecule has 4 aliphatic carbocycles. The number of hydrazone groups is 1. The van der Waals surface area contributed by atoms with Gasteiger partial charge < -0.3 is 0 Å². The number of amides is 2. The molecule has 8 heteroatoms. The Labute approximate surface area is 181 Å². The first-order valence-corrected chi connectivity index (χ1v) is 11.3. The standard InChI is InChI=1S/C22H21BrFN3O3/c23-22-8-11-4-12(9-22)7-21(6-11,10-22)18(28)16-15-17(26-25-16)20(30)27(19(15)29)14-3-1-2-13(24)5-14/h1-3,5,11-12,15,17,26H,4,6-10H2/t11-,12-,15+,17-,21?,22?/m0/s1. The maximum atomic E-state index is 13.8. The van der Waals surface area contributed by atoms with Crippen LogP contribution in [-0.4, -0.2) is 33.7 Å². The zero-order valence-electron chi connectivity index (χ0n) is 16.2. The van der Waals surface area contributed by atoms with Gasteiger partial charge in [-0.05, 0) is 68.6 Å². The molecule has 30 heavy (non-hydrogen) atoms. The number of nitrogens with zero attached hydrogens (tertiary/aromatic N) is 2. The van der Waals surface area contributed by atoms with Gasteiger partial charge in [-0.3, -0.25) is 19.8 Å². The molecule has 1 aromatic carbocycles. The highest BCUT2D eigenvalue weighted by atomic mass is 79.9. The van der Waals surface area contributed by atoms with E-state index in [2.05, 4.69) is 26.5 Å². The smallest absolute Gasteiger partial charge is 0.259 e. The Bertz CT molecular complexity index is 1030. The number of hydrogen-bond acceptors (Lipinski definition) is 5. The van der Waals surface area contributed by atoms with Gasteiger partial charge in [-0.2, -0.15) is 5.10 Å². The number of rotatable bonds is 3. The average Bonchev–Trinajstić information content (AvgIpc) is 3.19. The molecule has 4 bridgehead atoms. The van der Waals surface area contributed by atoms with Crippen molar-refractivity contribution in [1.29, 1.82) is 0 Å². The Balaban J connectivity index is 1.33. The normalized spacial score (nSPS) is 41.1. The Morgan fingerprint density at radius 2 is 1.90 bits per heavy atom. The number of Topliss-reactive ketones (excluding diaryl/α,β-unsaturated/α-hetero) is 1. The molecule has 1 aromatic rings. The predicted molar refractivity (Wildman–Crippen MR) is 111 cm³/mol. The number of benzene rings is 1. The van der Waals surface area contributed by atoms with Crippen molar-refractivity contribution >= 4 is 44.9 Å². The van der Waals surface area contributed by atoms with Crippen LogP contribution in [0.3, 0.4) is 0 Å². The first kappa shape index (κ1) is 18.7. The van der Waals surface area contributed by atoms with Gasteiger partial charge in [-0.1, -0.05) is 22.0 Å². The van der Waals surface area contributed by atoms with Crippen LogP contribution >= 0.6 is 15.9 Å². The van der Waals surface area contributed by atoms with Crippen LogP contribution in [0.4, 0.5) is 10.1 Å². The summed E-state index contributed by atoms with van der Waals surface area (Å²) < 4.78 is 13.7. The van der Waals surface area contributed by atoms with E-state index in [1.54, 1.807) is 0 Å². The van der Waals surface area contributed by atoms with E-state index in [0.29, 0.717) is 11.8 Å². The fourth-order valence-corrected chi connectivity index (χ4v) is 8.49. The van der Waals surface area contributed by atoms with Gasteiger partial charge >= 0.3 is 0 Å². The molecule has 156 valence electrons. The molecular weight excluding hydrogens is 453 g/mol. The zero-order valence-corrected chi connectivity index (χ0v) is 17.8. The van der Waals surface area contributed by atoms with Crippen LogP contribution in [0.25, 0.3) is 0 Å². The van der Waals surface area contributed by atoms with E-state index in [-0.39, 0.29) is 21.5 Å². The molecule has 6 aliphatic rings. The first-order valence-electron chi connectivity index (χ1n) is 10.5. The van der Waals surface area contributed by atoms with Crippen molar-refractivity contribution in [2.24, 2.45) is 28.3 Å². The highest BCUT2D eigenvalue weighted by molar-refractivity contribution is 9.10. The molecule has 0 spiro atoms. The number of imide groups is 1. The summed E-state index contributed by atoms with van der Waals surface area (Å²) in [5, 5.41) is 4.21. The van der Waals surface area contributed by atoms with Gasteiger partial charge in [-0.15, -0.1) is 0 Å². The maximum Gasteiger partial charge on any atom is 0.259 e. The third kappa shape index (κ3) is 2.46. The molecule has 4 atom stereocenters. The summed E-state index contributed by atoms with van der Waals surface area (Å²) >= 11 is 3.92. The Kier molecular flexibility index (Phi) is 3.73. The number of fused-ring (bicyclic) bond motifs is 1. The molecule has 0 unspecified atom stereocenters. The second kappa shape index (κ2) is 5.99. The van der Waals surface area contributed by atoms with E-state index in [1.165, 1.54) is 24.6 Å². The molecule has 4 saturated carbocycles. The van der Waals surface area contributed by atoms with Gasteiger partial charge in [0.25, 0.3) is 5.91 Å². The molecule has 2 heterocycles. The van der Waals surface area contributed by atoms with Gasteiger partial charge in [-0.25, -0.2) is 9.29 Å². The molecule has 0 aromatic heterocycles. The van der Waals surface area contributed by atoms with E-state index < -0.39 is 35.0 Å². The third-order valence-electron chi connectivity index (χ3n) is 7.70. The van der Waals surface area contributed by atoms with Crippen LogP contribution < -0.4 is 10.3 Å². The van der Waals surface area contributed by atoms with E-state index in [4.69, 9.17) is 0 Å². The van der Waals surface area contributed by atoms with Crippen molar-refractivity contribution in [3.8, 4) is 0 Å². The van der Waals surface area contributed by atoms with Crippen molar-refractivity contribution in [3.05, 3.63) is 30.1 Å². The van der Waals surface area contributed by atoms with E-state index in [0.717, 1.165) is 43.1 Å². The number of halogens is 2. The van der Waals surface area contributed by atoms with Crippen molar-refractivity contribution in [1.82, 2.24) is 5.43 Å². The second-order valence-corrected chi connectivity index (χ2v) is 11.5. The Hall–Kier alpha value is -2.09. The second-order valence-electron chi connectivity index (χ2n) is 9.79. The SMILES string of the molecule is O=C1[C@@H]2C(C(=O)C34C[C@@H]5C[C@H](CC(Br)(C5)C3)C4)=NN[C@@H]2C(=O)N1c1cccc(F)c1. The van der Waals surface area contributed by atoms with Crippen molar-refractivity contribution in [2.45, 2.75) is 48.9 Å². The van der Waals surface area contributed by atoms with Crippen LogP contribution in [0.15, 0.2) is 29.4 Å². The number of carbonyl (C=O) groups excluding carboxylic acids is 3. The minimum Gasteiger partial charge on any atom is -0.296 e. The lowest BCUT2D eigenvalue weighted by atomic mass is 9.48. The largest absolute Gasteiger partial charge is 0.296 e. The summed E-state index contributed by atoms with van der Waals surface area (Å²) in [6.07, 6.45) is 5.80. The van der Waals surface area contributed by atoms with Crippen LogP contribution in [-0.2, 0) is 14.4 Å². The number of ketones is 1. The lowest BCUT2D eigenvalue weighted by Gasteiger charge is -2.59. The Morgan fingerprint density at radius 3 is 2.57 bits per heavy atom.